The summed E-state index contributed by atoms with van der Waals surface area (Å²) in [5.74, 6) is 0.530. The van der Waals surface area contributed by atoms with Crippen LogP contribution in [-0.4, -0.2) is 18.9 Å². The van der Waals surface area contributed by atoms with E-state index in [1.54, 1.807) is 6.07 Å². The molecule has 126 valence electrons. The second-order valence-corrected chi connectivity index (χ2v) is 5.62. The first-order valence-corrected chi connectivity index (χ1v) is 7.66. The molecule has 2 aromatic carbocycles. The molecule has 0 fully saturated rings. The first-order valence-electron chi connectivity index (χ1n) is 7.66. The minimum Gasteiger partial charge on any atom is -0.328 e. The van der Waals surface area contributed by atoms with Gasteiger partial charge in [0.25, 0.3) is 0 Å². The van der Waals surface area contributed by atoms with Crippen molar-refractivity contribution in [3.63, 3.8) is 0 Å². The van der Waals surface area contributed by atoms with Crippen LogP contribution in [0.5, 0.6) is 0 Å². The Morgan fingerprint density at radius 2 is 1.75 bits per heavy atom. The number of aryl methyl sites for hydroxylation is 1. The van der Waals surface area contributed by atoms with E-state index in [0.29, 0.717) is 25.9 Å². The molecule has 24 heavy (non-hydrogen) atoms. The number of benzene rings is 2. The van der Waals surface area contributed by atoms with Crippen molar-refractivity contribution in [2.45, 2.75) is 19.0 Å². The Bertz CT molecular complexity index is 735. The zero-order valence-electron chi connectivity index (χ0n) is 12.9. The third-order valence-corrected chi connectivity index (χ3v) is 3.97. The molecule has 2 aromatic rings. The van der Waals surface area contributed by atoms with Crippen LogP contribution in [0.1, 0.15) is 17.5 Å². The predicted octanol–water partition coefficient (Wildman–Crippen LogP) is 4.70. The molecule has 3 rings (SSSR count). The smallest absolute Gasteiger partial charge is 0.328 e. The third kappa shape index (κ3) is 3.75. The lowest BCUT2D eigenvalue weighted by Crippen LogP contribution is -2.27. The number of aliphatic imine (C=N–C) groups is 1. The van der Waals surface area contributed by atoms with E-state index in [1.807, 2.05) is 11.0 Å². The molecule has 6 heteroatoms. The number of nitrogens with zero attached hydrogens (tertiary/aromatic N) is 2. The Kier molecular flexibility index (Phi) is 4.55. The van der Waals surface area contributed by atoms with Gasteiger partial charge in [0.05, 0.1) is 12.1 Å². The van der Waals surface area contributed by atoms with E-state index in [9.17, 15) is 17.6 Å². The average molecular weight is 336 g/mol. The van der Waals surface area contributed by atoms with Gasteiger partial charge < -0.3 is 4.90 Å². The number of alkyl halides is 3. The summed E-state index contributed by atoms with van der Waals surface area (Å²) in [6, 6.07) is 11.5. The van der Waals surface area contributed by atoms with Crippen molar-refractivity contribution in [3.8, 4) is 0 Å². The van der Waals surface area contributed by atoms with Crippen LogP contribution in [-0.2, 0) is 12.6 Å². The van der Waals surface area contributed by atoms with Crippen LogP contribution in [0, 0.1) is 5.82 Å². The van der Waals surface area contributed by atoms with Gasteiger partial charge in [-0.05, 0) is 42.3 Å². The summed E-state index contributed by atoms with van der Waals surface area (Å²) in [5.41, 5.74) is 0.918. The molecule has 1 heterocycles. The summed E-state index contributed by atoms with van der Waals surface area (Å²) in [6.45, 7) is 1.32. The zero-order chi connectivity index (χ0) is 17.2. The van der Waals surface area contributed by atoms with Gasteiger partial charge in [0.1, 0.15) is 11.7 Å². The van der Waals surface area contributed by atoms with Crippen molar-refractivity contribution in [1.29, 1.82) is 0 Å². The van der Waals surface area contributed by atoms with Crippen molar-refractivity contribution in [2.24, 2.45) is 4.99 Å². The van der Waals surface area contributed by atoms with Gasteiger partial charge in [0.2, 0.25) is 0 Å². The molecular formula is C18H16F4N2. The number of rotatable bonds is 4. The molecule has 0 saturated heterocycles. The van der Waals surface area contributed by atoms with Gasteiger partial charge in [-0.3, -0.25) is 4.99 Å². The molecule has 0 spiro atoms. The average Bonchev–Trinajstić information content (AvgIpc) is 3.01. The van der Waals surface area contributed by atoms with Crippen molar-refractivity contribution in [2.75, 3.05) is 18.0 Å². The van der Waals surface area contributed by atoms with E-state index < -0.39 is 11.7 Å². The van der Waals surface area contributed by atoms with E-state index in [0.717, 1.165) is 29.2 Å². The molecule has 0 bridgehead atoms. The Morgan fingerprint density at radius 3 is 2.42 bits per heavy atom. The minimum atomic E-state index is -4.32. The van der Waals surface area contributed by atoms with E-state index in [-0.39, 0.29) is 5.82 Å². The van der Waals surface area contributed by atoms with Gasteiger partial charge in [-0.2, -0.15) is 13.2 Å². The molecule has 0 saturated carbocycles. The third-order valence-electron chi connectivity index (χ3n) is 3.97. The van der Waals surface area contributed by atoms with Crippen LogP contribution in [0.4, 0.5) is 23.2 Å². The lowest BCUT2D eigenvalue weighted by atomic mass is 10.1. The highest BCUT2D eigenvalue weighted by molar-refractivity contribution is 5.99. The van der Waals surface area contributed by atoms with Crippen LogP contribution in [0.2, 0.25) is 0 Å². The van der Waals surface area contributed by atoms with E-state index in [2.05, 4.69) is 4.99 Å². The second-order valence-electron chi connectivity index (χ2n) is 5.62. The maximum atomic E-state index is 13.4. The first kappa shape index (κ1) is 16.5. The highest BCUT2D eigenvalue weighted by atomic mass is 19.4. The molecule has 0 aliphatic carbocycles. The van der Waals surface area contributed by atoms with Gasteiger partial charge in [-0.1, -0.05) is 18.2 Å². The zero-order valence-corrected chi connectivity index (χ0v) is 12.9. The molecule has 0 amide bonds. The fourth-order valence-corrected chi connectivity index (χ4v) is 2.75. The molecule has 0 unspecified atom stereocenters. The summed E-state index contributed by atoms with van der Waals surface area (Å²) in [5, 5.41) is 0. The number of amidine groups is 1. The van der Waals surface area contributed by atoms with Crippen LogP contribution in [0.25, 0.3) is 0 Å². The Hall–Kier alpha value is -2.37. The van der Waals surface area contributed by atoms with E-state index in [4.69, 9.17) is 0 Å². The SMILES string of the molecule is Fc1cccc(N2CCN=C2CCc2ccc(C(F)(F)F)cc2)c1. The number of hydrogen-bond donors (Lipinski definition) is 0. The molecule has 0 atom stereocenters. The Labute approximate surface area is 137 Å². The molecule has 0 aromatic heterocycles. The summed E-state index contributed by atoms with van der Waals surface area (Å²) in [6.07, 6.45) is -3.13. The first-order chi connectivity index (χ1) is 11.4. The Morgan fingerprint density at radius 1 is 1.00 bits per heavy atom. The summed E-state index contributed by atoms with van der Waals surface area (Å²) in [4.78, 5) is 6.39. The topological polar surface area (TPSA) is 15.6 Å². The highest BCUT2D eigenvalue weighted by Crippen LogP contribution is 2.29. The monoisotopic (exact) mass is 336 g/mol. The van der Waals surface area contributed by atoms with Crippen molar-refractivity contribution in [3.05, 3.63) is 65.5 Å². The van der Waals surface area contributed by atoms with Crippen LogP contribution >= 0.6 is 0 Å². The van der Waals surface area contributed by atoms with Crippen molar-refractivity contribution in [1.82, 2.24) is 0 Å². The summed E-state index contributed by atoms with van der Waals surface area (Å²) < 4.78 is 51.1. The van der Waals surface area contributed by atoms with Crippen molar-refractivity contribution < 1.29 is 17.6 Å². The molecule has 1 aliphatic rings. The van der Waals surface area contributed by atoms with Gasteiger partial charge in [-0.25, -0.2) is 4.39 Å². The minimum absolute atomic E-state index is 0.304. The number of halogens is 4. The molecule has 0 N–H and O–H groups in total. The summed E-state index contributed by atoms with van der Waals surface area (Å²) in [7, 11) is 0. The van der Waals surface area contributed by atoms with Crippen LogP contribution in [0.15, 0.2) is 53.5 Å². The fourth-order valence-electron chi connectivity index (χ4n) is 2.75. The van der Waals surface area contributed by atoms with Crippen LogP contribution in [0.3, 0.4) is 0 Å². The molecule has 2 nitrogen and oxygen atoms in total. The predicted molar refractivity (Wildman–Crippen MR) is 85.8 cm³/mol. The summed E-state index contributed by atoms with van der Waals surface area (Å²) >= 11 is 0. The maximum absolute atomic E-state index is 13.4. The largest absolute Gasteiger partial charge is 0.416 e. The fraction of sp³-hybridized carbons (Fsp3) is 0.278. The van der Waals surface area contributed by atoms with Crippen molar-refractivity contribution >= 4 is 11.5 Å². The lowest BCUT2D eigenvalue weighted by Gasteiger charge is -2.20. The van der Waals surface area contributed by atoms with Gasteiger partial charge >= 0.3 is 6.18 Å². The highest BCUT2D eigenvalue weighted by Gasteiger charge is 2.30. The van der Waals surface area contributed by atoms with Crippen LogP contribution < -0.4 is 4.90 Å². The number of anilines is 1. The normalized spacial score (nSPS) is 14.8. The quantitative estimate of drug-likeness (QED) is 0.739. The van der Waals surface area contributed by atoms with Gasteiger partial charge in [0.15, 0.2) is 0 Å². The lowest BCUT2D eigenvalue weighted by molar-refractivity contribution is -0.137. The second kappa shape index (κ2) is 6.63. The number of hydrogen-bond acceptors (Lipinski definition) is 2. The molecule has 0 radical (unpaired) electrons. The van der Waals surface area contributed by atoms with Gasteiger partial charge in [-0.15, -0.1) is 0 Å². The standard InChI is InChI=1S/C18H16F4N2/c19-15-2-1-3-16(12-15)24-11-10-23-17(24)9-6-13-4-7-14(8-5-13)18(20,21)22/h1-5,7-8,12H,6,9-11H2. The molecular weight excluding hydrogens is 320 g/mol. The maximum Gasteiger partial charge on any atom is 0.416 e. The molecule has 1 aliphatic heterocycles. The van der Waals surface area contributed by atoms with E-state index >= 15 is 0 Å². The van der Waals surface area contributed by atoms with Gasteiger partial charge in [0, 0.05) is 18.7 Å². The Balaban J connectivity index is 1.65. The van der Waals surface area contributed by atoms with E-state index in [1.165, 1.54) is 24.3 Å².